The van der Waals surface area contributed by atoms with Gasteiger partial charge in [0, 0.05) is 4.88 Å². The Kier molecular flexibility index (Phi) is 3.32. The summed E-state index contributed by atoms with van der Waals surface area (Å²) in [4.78, 5) is 27.9. The zero-order valence-electron chi connectivity index (χ0n) is 11.9. The molecular formula is C15H20N2O2S. The molecule has 1 aromatic heterocycles. The van der Waals surface area contributed by atoms with Crippen molar-refractivity contribution in [1.29, 1.82) is 0 Å². The van der Waals surface area contributed by atoms with E-state index in [1.54, 1.807) is 16.2 Å². The highest BCUT2D eigenvalue weighted by molar-refractivity contribution is 7.10. The molecule has 2 atom stereocenters. The molecule has 1 aromatic rings. The largest absolute Gasteiger partial charge is 0.340 e. The van der Waals surface area contributed by atoms with E-state index >= 15 is 0 Å². The van der Waals surface area contributed by atoms with Gasteiger partial charge >= 0.3 is 0 Å². The summed E-state index contributed by atoms with van der Waals surface area (Å²) in [6, 6.07) is 4.07. The maximum atomic E-state index is 12.9. The van der Waals surface area contributed by atoms with Crippen LogP contribution in [0.2, 0.25) is 0 Å². The molecule has 1 aliphatic heterocycles. The van der Waals surface area contributed by atoms with E-state index in [1.807, 2.05) is 24.4 Å². The van der Waals surface area contributed by atoms with Gasteiger partial charge in [-0.2, -0.15) is 0 Å². The first-order valence-corrected chi connectivity index (χ1v) is 8.09. The molecule has 2 amide bonds. The lowest BCUT2D eigenvalue weighted by Crippen LogP contribution is -2.66. The number of nitrogens with one attached hydrogen (secondary N) is 1. The van der Waals surface area contributed by atoms with Crippen molar-refractivity contribution in [1.82, 2.24) is 10.2 Å². The number of piperazine rings is 1. The highest BCUT2D eigenvalue weighted by Crippen LogP contribution is 2.43. The Morgan fingerprint density at radius 1 is 1.50 bits per heavy atom. The molecule has 3 rings (SSSR count). The Balaban J connectivity index is 1.91. The molecule has 1 aliphatic carbocycles. The third-order valence-electron chi connectivity index (χ3n) is 4.45. The van der Waals surface area contributed by atoms with Gasteiger partial charge < -0.3 is 10.2 Å². The predicted molar refractivity (Wildman–Crippen MR) is 78.3 cm³/mol. The SMILES string of the molecule is CCC(c1cccs1)N1CC(=O)NC(C)(C2CC2)C1=O. The van der Waals surface area contributed by atoms with Crippen LogP contribution in [0, 0.1) is 5.92 Å². The average Bonchev–Trinajstić information content (AvgIpc) is 3.15. The summed E-state index contributed by atoms with van der Waals surface area (Å²) in [5.74, 6) is 0.358. The highest BCUT2D eigenvalue weighted by atomic mass is 32.1. The normalized spacial score (nSPS) is 28.4. The summed E-state index contributed by atoms with van der Waals surface area (Å²) in [5.41, 5.74) is -0.694. The van der Waals surface area contributed by atoms with Crippen molar-refractivity contribution in [2.24, 2.45) is 5.92 Å². The first-order valence-electron chi connectivity index (χ1n) is 7.21. The minimum atomic E-state index is -0.694. The van der Waals surface area contributed by atoms with Crippen molar-refractivity contribution < 1.29 is 9.59 Å². The fourth-order valence-electron chi connectivity index (χ4n) is 3.15. The predicted octanol–water partition coefficient (Wildman–Crippen LogP) is 2.33. The van der Waals surface area contributed by atoms with Gasteiger partial charge in [0.2, 0.25) is 11.8 Å². The van der Waals surface area contributed by atoms with E-state index in [2.05, 4.69) is 12.2 Å². The molecule has 5 heteroatoms. The number of amides is 2. The Bertz CT molecular complexity index is 524. The third kappa shape index (κ3) is 2.14. The van der Waals surface area contributed by atoms with Crippen LogP contribution < -0.4 is 5.32 Å². The van der Waals surface area contributed by atoms with Gasteiger partial charge in [0.05, 0.1) is 6.04 Å². The number of hydrogen-bond donors (Lipinski definition) is 1. The van der Waals surface area contributed by atoms with Gasteiger partial charge in [-0.1, -0.05) is 13.0 Å². The molecule has 2 unspecified atom stereocenters. The first kappa shape index (κ1) is 13.6. The van der Waals surface area contributed by atoms with E-state index in [0.717, 1.165) is 24.1 Å². The lowest BCUT2D eigenvalue weighted by atomic mass is 9.90. The number of nitrogens with zero attached hydrogens (tertiary/aromatic N) is 1. The van der Waals surface area contributed by atoms with E-state index in [-0.39, 0.29) is 24.4 Å². The Hall–Kier alpha value is -1.36. The second-order valence-electron chi connectivity index (χ2n) is 5.90. The molecule has 1 N–H and O–H groups in total. The minimum absolute atomic E-state index is 0.0200. The van der Waals surface area contributed by atoms with Crippen LogP contribution >= 0.6 is 11.3 Å². The molecule has 1 saturated heterocycles. The van der Waals surface area contributed by atoms with Crippen LogP contribution in [0.5, 0.6) is 0 Å². The smallest absolute Gasteiger partial charge is 0.249 e. The van der Waals surface area contributed by atoms with Crippen LogP contribution in [-0.4, -0.2) is 28.8 Å². The maximum Gasteiger partial charge on any atom is 0.249 e. The standard InChI is InChI=1S/C15H20N2O2S/c1-3-11(12-5-4-8-20-12)17-9-13(18)16-15(2,14(17)19)10-6-7-10/h4-5,8,10-11H,3,6-7,9H2,1-2H3,(H,16,18). The molecule has 2 heterocycles. The Morgan fingerprint density at radius 2 is 2.25 bits per heavy atom. The van der Waals surface area contributed by atoms with E-state index in [9.17, 15) is 9.59 Å². The van der Waals surface area contributed by atoms with Crippen LogP contribution in [0.1, 0.15) is 44.0 Å². The number of carbonyl (C=O) groups excluding carboxylic acids is 2. The number of thiophene rings is 1. The van der Waals surface area contributed by atoms with Crippen LogP contribution in [0.4, 0.5) is 0 Å². The molecule has 2 fully saturated rings. The minimum Gasteiger partial charge on any atom is -0.340 e. The summed E-state index contributed by atoms with van der Waals surface area (Å²) in [5, 5.41) is 4.95. The monoisotopic (exact) mass is 292 g/mol. The van der Waals surface area contributed by atoms with Crippen molar-refractivity contribution in [2.45, 2.75) is 44.7 Å². The van der Waals surface area contributed by atoms with Crippen LogP contribution in [0.25, 0.3) is 0 Å². The number of hydrogen-bond acceptors (Lipinski definition) is 3. The molecule has 0 spiro atoms. The molecule has 108 valence electrons. The summed E-state index contributed by atoms with van der Waals surface area (Å²) in [7, 11) is 0. The number of rotatable bonds is 4. The second-order valence-corrected chi connectivity index (χ2v) is 6.88. The Labute approximate surface area is 123 Å². The van der Waals surface area contributed by atoms with Gasteiger partial charge in [-0.05, 0) is 43.6 Å². The molecule has 0 radical (unpaired) electrons. The van der Waals surface area contributed by atoms with Crippen LogP contribution in [0.3, 0.4) is 0 Å². The number of carbonyl (C=O) groups is 2. The van der Waals surface area contributed by atoms with Gasteiger partial charge in [0.15, 0.2) is 0 Å². The summed E-state index contributed by atoms with van der Waals surface area (Å²) >= 11 is 1.65. The van der Waals surface area contributed by atoms with E-state index in [1.165, 1.54) is 0 Å². The van der Waals surface area contributed by atoms with Crippen molar-refractivity contribution in [2.75, 3.05) is 6.54 Å². The summed E-state index contributed by atoms with van der Waals surface area (Å²) in [6.07, 6.45) is 2.90. The zero-order valence-corrected chi connectivity index (χ0v) is 12.7. The topological polar surface area (TPSA) is 49.4 Å². The summed E-state index contributed by atoms with van der Waals surface area (Å²) < 4.78 is 0. The van der Waals surface area contributed by atoms with Gasteiger partial charge in [0.1, 0.15) is 12.1 Å². The third-order valence-corrected chi connectivity index (χ3v) is 5.42. The van der Waals surface area contributed by atoms with Gasteiger partial charge in [-0.3, -0.25) is 9.59 Å². The lowest BCUT2D eigenvalue weighted by molar-refractivity contribution is -0.152. The Morgan fingerprint density at radius 3 is 2.80 bits per heavy atom. The van der Waals surface area contributed by atoms with Crippen molar-refractivity contribution in [3.63, 3.8) is 0 Å². The molecular weight excluding hydrogens is 272 g/mol. The molecule has 4 nitrogen and oxygen atoms in total. The summed E-state index contributed by atoms with van der Waals surface area (Å²) in [6.45, 7) is 4.13. The van der Waals surface area contributed by atoms with E-state index < -0.39 is 5.54 Å². The molecule has 20 heavy (non-hydrogen) atoms. The lowest BCUT2D eigenvalue weighted by Gasteiger charge is -2.43. The zero-order chi connectivity index (χ0) is 14.3. The first-order chi connectivity index (χ1) is 9.56. The fourth-order valence-corrected chi connectivity index (χ4v) is 4.07. The second kappa shape index (κ2) is 4.88. The van der Waals surface area contributed by atoms with E-state index in [0.29, 0.717) is 5.92 Å². The molecule has 0 bridgehead atoms. The molecule has 0 aromatic carbocycles. The molecule has 1 saturated carbocycles. The maximum absolute atomic E-state index is 12.9. The quantitative estimate of drug-likeness (QED) is 0.926. The van der Waals surface area contributed by atoms with E-state index in [4.69, 9.17) is 0 Å². The highest BCUT2D eigenvalue weighted by Gasteiger charge is 2.53. The fraction of sp³-hybridized carbons (Fsp3) is 0.600. The molecule has 2 aliphatic rings. The van der Waals surface area contributed by atoms with Gasteiger partial charge in [0.25, 0.3) is 0 Å². The average molecular weight is 292 g/mol. The van der Waals surface area contributed by atoms with Crippen molar-refractivity contribution >= 4 is 23.2 Å². The van der Waals surface area contributed by atoms with Crippen LogP contribution in [0.15, 0.2) is 17.5 Å². The van der Waals surface area contributed by atoms with Gasteiger partial charge in [-0.25, -0.2) is 0 Å². The van der Waals surface area contributed by atoms with Crippen molar-refractivity contribution in [3.8, 4) is 0 Å². The van der Waals surface area contributed by atoms with Crippen molar-refractivity contribution in [3.05, 3.63) is 22.4 Å². The van der Waals surface area contributed by atoms with Crippen LogP contribution in [-0.2, 0) is 9.59 Å². The van der Waals surface area contributed by atoms with Gasteiger partial charge in [-0.15, -0.1) is 11.3 Å².